The van der Waals surface area contributed by atoms with Gasteiger partial charge in [0.2, 0.25) is 0 Å². The second-order valence-electron chi connectivity index (χ2n) is 5.20. The van der Waals surface area contributed by atoms with Crippen molar-refractivity contribution in [3.63, 3.8) is 0 Å². The molecule has 1 aromatic carbocycles. The Balaban J connectivity index is 2.55. The van der Waals surface area contributed by atoms with Crippen LogP contribution >= 0.6 is 11.6 Å². The van der Waals surface area contributed by atoms with Crippen LogP contribution in [0.4, 0.5) is 0 Å². The van der Waals surface area contributed by atoms with Gasteiger partial charge in [-0.15, -0.1) is 0 Å². The van der Waals surface area contributed by atoms with E-state index in [9.17, 15) is 0 Å². The van der Waals surface area contributed by atoms with Crippen LogP contribution in [-0.4, -0.2) is 9.78 Å². The number of nitrogens with zero attached hydrogens (tertiary/aromatic N) is 2. The van der Waals surface area contributed by atoms with Gasteiger partial charge >= 0.3 is 0 Å². The van der Waals surface area contributed by atoms with Crippen LogP contribution < -0.4 is 0 Å². The number of hydrogen-bond donors (Lipinski definition) is 0. The lowest BCUT2D eigenvalue weighted by molar-refractivity contribution is 0.714. The van der Waals surface area contributed by atoms with Crippen LogP contribution in [0.15, 0.2) is 30.3 Å². The molecule has 96 valence electrons. The van der Waals surface area contributed by atoms with E-state index in [0.29, 0.717) is 11.8 Å². The Morgan fingerprint density at radius 2 is 1.78 bits per heavy atom. The van der Waals surface area contributed by atoms with Gasteiger partial charge in [-0.1, -0.05) is 45.4 Å². The zero-order valence-electron chi connectivity index (χ0n) is 11.3. The molecule has 0 saturated heterocycles. The highest BCUT2D eigenvalue weighted by atomic mass is 35.5. The van der Waals surface area contributed by atoms with Gasteiger partial charge in [-0.25, -0.2) is 4.68 Å². The molecule has 1 heterocycles. The lowest BCUT2D eigenvalue weighted by atomic mass is 10.1. The predicted octanol–water partition coefficient (Wildman–Crippen LogP) is 4.77. The summed E-state index contributed by atoms with van der Waals surface area (Å²) >= 11 is 6.05. The van der Waals surface area contributed by atoms with E-state index in [1.807, 2.05) is 28.9 Å². The van der Waals surface area contributed by atoms with Crippen molar-refractivity contribution >= 4 is 11.6 Å². The summed E-state index contributed by atoms with van der Waals surface area (Å²) in [6, 6.07) is 10.0. The molecule has 18 heavy (non-hydrogen) atoms. The molecule has 0 fully saturated rings. The fourth-order valence-electron chi connectivity index (χ4n) is 1.92. The Morgan fingerprint density at radius 3 is 2.33 bits per heavy atom. The smallest absolute Gasteiger partial charge is 0.0663 e. The van der Waals surface area contributed by atoms with Crippen LogP contribution in [0.5, 0.6) is 0 Å². The van der Waals surface area contributed by atoms with E-state index in [1.54, 1.807) is 0 Å². The summed E-state index contributed by atoms with van der Waals surface area (Å²) in [6.07, 6.45) is 0. The van der Waals surface area contributed by atoms with Crippen molar-refractivity contribution in [1.29, 1.82) is 0 Å². The molecule has 0 amide bonds. The molecular formula is C15H19ClN2. The summed E-state index contributed by atoms with van der Waals surface area (Å²) in [5, 5.41) is 5.44. The van der Waals surface area contributed by atoms with Crippen LogP contribution in [-0.2, 0) is 0 Å². The number of aromatic nitrogens is 2. The van der Waals surface area contributed by atoms with Gasteiger partial charge < -0.3 is 0 Å². The maximum absolute atomic E-state index is 6.05. The van der Waals surface area contributed by atoms with Crippen molar-refractivity contribution in [3.8, 4) is 5.69 Å². The van der Waals surface area contributed by atoms with Gasteiger partial charge in [0.15, 0.2) is 0 Å². The van der Waals surface area contributed by atoms with Crippen molar-refractivity contribution in [2.45, 2.75) is 39.5 Å². The van der Waals surface area contributed by atoms with Crippen LogP contribution in [0.1, 0.15) is 50.9 Å². The summed E-state index contributed by atoms with van der Waals surface area (Å²) < 4.78 is 2.01. The summed E-state index contributed by atoms with van der Waals surface area (Å²) in [6.45, 7) is 8.69. The minimum atomic E-state index is 0.433. The fraction of sp³-hybridized carbons (Fsp3) is 0.400. The van der Waals surface area contributed by atoms with E-state index < -0.39 is 0 Å². The van der Waals surface area contributed by atoms with Gasteiger partial charge in [-0.2, -0.15) is 5.10 Å². The van der Waals surface area contributed by atoms with E-state index in [4.69, 9.17) is 16.7 Å². The number of hydrogen-bond acceptors (Lipinski definition) is 1. The lowest BCUT2D eigenvalue weighted by Crippen LogP contribution is -2.03. The molecule has 0 saturated carbocycles. The third kappa shape index (κ3) is 2.59. The van der Waals surface area contributed by atoms with E-state index >= 15 is 0 Å². The van der Waals surface area contributed by atoms with Crippen LogP contribution in [0, 0.1) is 0 Å². The molecule has 2 rings (SSSR count). The minimum Gasteiger partial charge on any atom is -0.237 e. The van der Waals surface area contributed by atoms with Crippen molar-refractivity contribution in [1.82, 2.24) is 9.78 Å². The van der Waals surface area contributed by atoms with Crippen molar-refractivity contribution < 1.29 is 0 Å². The van der Waals surface area contributed by atoms with Crippen molar-refractivity contribution in [2.24, 2.45) is 0 Å². The Kier molecular flexibility index (Phi) is 3.76. The summed E-state index contributed by atoms with van der Waals surface area (Å²) in [4.78, 5) is 0. The summed E-state index contributed by atoms with van der Waals surface area (Å²) in [5.74, 6) is 0.868. The Labute approximate surface area is 114 Å². The van der Waals surface area contributed by atoms with Crippen molar-refractivity contribution in [3.05, 3.63) is 46.7 Å². The average molecular weight is 263 g/mol. The average Bonchev–Trinajstić information content (AvgIpc) is 2.73. The molecule has 2 nitrogen and oxygen atoms in total. The molecular weight excluding hydrogens is 244 g/mol. The summed E-state index contributed by atoms with van der Waals surface area (Å²) in [7, 11) is 0. The topological polar surface area (TPSA) is 17.8 Å². The fourth-order valence-corrected chi connectivity index (χ4v) is 2.11. The molecule has 0 aliphatic carbocycles. The first kappa shape index (κ1) is 13.2. The molecule has 2 aromatic rings. The Hall–Kier alpha value is -1.28. The van der Waals surface area contributed by atoms with Gasteiger partial charge in [0.05, 0.1) is 11.4 Å². The maximum Gasteiger partial charge on any atom is 0.0663 e. The molecule has 3 heteroatoms. The quantitative estimate of drug-likeness (QED) is 0.779. The Bertz CT molecular complexity index is 541. The standard InChI is InChI=1S/C15H19ClN2/c1-10(2)14-9-15(11(3)4)18(17-14)13-7-5-6-12(16)8-13/h5-11H,1-4H3. The van der Waals surface area contributed by atoms with Crippen LogP contribution in [0.3, 0.4) is 0 Å². The molecule has 0 aliphatic rings. The molecule has 1 aromatic heterocycles. The third-order valence-electron chi connectivity index (χ3n) is 2.99. The first-order valence-electron chi connectivity index (χ1n) is 6.35. The van der Waals surface area contributed by atoms with Gasteiger partial charge in [0.25, 0.3) is 0 Å². The first-order chi connectivity index (χ1) is 8.49. The zero-order valence-corrected chi connectivity index (χ0v) is 12.1. The van der Waals surface area contributed by atoms with E-state index in [0.717, 1.165) is 16.4 Å². The number of benzene rings is 1. The number of rotatable bonds is 3. The highest BCUT2D eigenvalue weighted by Gasteiger charge is 2.14. The highest BCUT2D eigenvalue weighted by molar-refractivity contribution is 6.30. The SMILES string of the molecule is CC(C)c1cc(C(C)C)n(-c2cccc(Cl)c2)n1. The molecule has 0 N–H and O–H groups in total. The molecule has 0 atom stereocenters. The first-order valence-corrected chi connectivity index (χ1v) is 6.72. The van der Waals surface area contributed by atoms with Gasteiger partial charge in [0, 0.05) is 10.7 Å². The van der Waals surface area contributed by atoms with Crippen LogP contribution in [0.2, 0.25) is 5.02 Å². The largest absolute Gasteiger partial charge is 0.237 e. The minimum absolute atomic E-state index is 0.433. The second-order valence-corrected chi connectivity index (χ2v) is 5.63. The lowest BCUT2D eigenvalue weighted by Gasteiger charge is -2.10. The van der Waals surface area contributed by atoms with E-state index in [-0.39, 0.29) is 0 Å². The number of halogens is 1. The summed E-state index contributed by atoms with van der Waals surface area (Å²) in [5.41, 5.74) is 3.37. The van der Waals surface area contributed by atoms with Crippen LogP contribution in [0.25, 0.3) is 5.69 Å². The van der Waals surface area contributed by atoms with Gasteiger partial charge in [-0.3, -0.25) is 0 Å². The van der Waals surface area contributed by atoms with E-state index in [1.165, 1.54) is 5.69 Å². The second kappa shape index (κ2) is 5.15. The molecule has 0 spiro atoms. The highest BCUT2D eigenvalue weighted by Crippen LogP contribution is 2.25. The molecule has 0 bridgehead atoms. The third-order valence-corrected chi connectivity index (χ3v) is 3.23. The Morgan fingerprint density at radius 1 is 1.06 bits per heavy atom. The van der Waals surface area contributed by atoms with E-state index in [2.05, 4.69) is 33.8 Å². The zero-order chi connectivity index (χ0) is 13.3. The molecule has 0 radical (unpaired) electrons. The maximum atomic E-state index is 6.05. The van der Waals surface area contributed by atoms with Gasteiger partial charge in [0.1, 0.15) is 0 Å². The van der Waals surface area contributed by atoms with Crippen molar-refractivity contribution in [2.75, 3.05) is 0 Å². The monoisotopic (exact) mass is 262 g/mol. The molecule has 0 aliphatic heterocycles. The molecule has 0 unspecified atom stereocenters. The van der Waals surface area contributed by atoms with Gasteiger partial charge in [-0.05, 0) is 36.1 Å². The normalized spacial score (nSPS) is 11.5. The predicted molar refractivity (Wildman–Crippen MR) is 76.8 cm³/mol.